The van der Waals surface area contributed by atoms with E-state index in [9.17, 15) is 5.11 Å². The summed E-state index contributed by atoms with van der Waals surface area (Å²) in [6.07, 6.45) is 1.18. The van der Waals surface area contributed by atoms with Crippen LogP contribution in [0, 0.1) is 0 Å². The molecule has 0 saturated carbocycles. The predicted octanol–water partition coefficient (Wildman–Crippen LogP) is 2.20. The molecule has 0 fully saturated rings. The molecule has 76 valence electrons. The molecule has 0 amide bonds. The molecule has 0 aliphatic rings. The molecule has 3 nitrogen and oxygen atoms in total. The Morgan fingerprint density at radius 2 is 1.87 bits per heavy atom. The maximum Gasteiger partial charge on any atom is 0.0932 e. The molecule has 0 unspecified atom stereocenters. The average Bonchev–Trinajstić information content (AvgIpc) is 2.30. The molecule has 0 bridgehead atoms. The van der Waals surface area contributed by atoms with E-state index in [-0.39, 0.29) is 0 Å². The van der Waals surface area contributed by atoms with Crippen LogP contribution in [0.1, 0.15) is 18.7 Å². The van der Waals surface area contributed by atoms with Crippen molar-refractivity contribution in [3.8, 4) is 11.4 Å². The lowest BCUT2D eigenvalue weighted by Crippen LogP contribution is -1.96. The number of aliphatic hydroxyl groups is 1. The van der Waals surface area contributed by atoms with Gasteiger partial charge in [0.05, 0.1) is 23.2 Å². The molecule has 2 rings (SSSR count). The summed E-state index contributed by atoms with van der Waals surface area (Å²) < 4.78 is 0. The molecule has 0 aliphatic heterocycles. The number of aromatic nitrogens is 2. The molecule has 0 aliphatic carbocycles. The van der Waals surface area contributed by atoms with E-state index in [4.69, 9.17) is 0 Å². The molecule has 1 N–H and O–H groups in total. The van der Waals surface area contributed by atoms with Crippen molar-refractivity contribution >= 4 is 0 Å². The Bertz CT molecular complexity index is 440. The second kappa shape index (κ2) is 4.19. The number of hydrogen-bond acceptors (Lipinski definition) is 3. The van der Waals surface area contributed by atoms with Crippen molar-refractivity contribution in [2.24, 2.45) is 0 Å². The first kappa shape index (κ1) is 9.80. The second-order valence-corrected chi connectivity index (χ2v) is 3.34. The third kappa shape index (κ3) is 2.19. The van der Waals surface area contributed by atoms with E-state index in [0.29, 0.717) is 5.69 Å². The van der Waals surface area contributed by atoms with Crippen LogP contribution in [0.15, 0.2) is 42.6 Å². The Balaban J connectivity index is 2.42. The number of hydrogen-bond donors (Lipinski definition) is 1. The van der Waals surface area contributed by atoms with Crippen LogP contribution in [0.4, 0.5) is 0 Å². The molecule has 0 spiro atoms. The summed E-state index contributed by atoms with van der Waals surface area (Å²) in [5.74, 6) is 0. The first-order valence-corrected chi connectivity index (χ1v) is 4.84. The summed E-state index contributed by atoms with van der Waals surface area (Å²) >= 11 is 0. The fraction of sp³-hybridized carbons (Fsp3) is 0.167. The van der Waals surface area contributed by atoms with E-state index in [2.05, 4.69) is 9.97 Å². The van der Waals surface area contributed by atoms with Crippen molar-refractivity contribution in [2.75, 3.05) is 0 Å². The van der Waals surface area contributed by atoms with Crippen molar-refractivity contribution in [1.82, 2.24) is 9.97 Å². The third-order valence-corrected chi connectivity index (χ3v) is 2.13. The quantitative estimate of drug-likeness (QED) is 0.808. The summed E-state index contributed by atoms with van der Waals surface area (Å²) in [4.78, 5) is 8.54. The van der Waals surface area contributed by atoms with Gasteiger partial charge in [-0.2, -0.15) is 0 Å². The van der Waals surface area contributed by atoms with Crippen molar-refractivity contribution in [2.45, 2.75) is 13.0 Å². The van der Waals surface area contributed by atoms with Crippen molar-refractivity contribution in [3.63, 3.8) is 0 Å². The van der Waals surface area contributed by atoms with Crippen LogP contribution < -0.4 is 0 Å². The van der Waals surface area contributed by atoms with E-state index in [1.165, 1.54) is 0 Å². The number of aliphatic hydroxyl groups excluding tert-OH is 1. The molecule has 0 saturated heterocycles. The highest BCUT2D eigenvalue weighted by atomic mass is 16.3. The van der Waals surface area contributed by atoms with Crippen LogP contribution in [-0.2, 0) is 0 Å². The Morgan fingerprint density at radius 1 is 1.07 bits per heavy atom. The van der Waals surface area contributed by atoms with Crippen molar-refractivity contribution in [3.05, 3.63) is 48.3 Å². The Hall–Kier alpha value is -1.74. The van der Waals surface area contributed by atoms with E-state index in [1.807, 2.05) is 30.3 Å². The van der Waals surface area contributed by atoms with Gasteiger partial charge in [-0.05, 0) is 31.2 Å². The van der Waals surface area contributed by atoms with Gasteiger partial charge < -0.3 is 5.11 Å². The summed E-state index contributed by atoms with van der Waals surface area (Å²) in [5, 5.41) is 9.41. The van der Waals surface area contributed by atoms with E-state index < -0.39 is 6.10 Å². The number of nitrogens with zero attached hydrogens (tertiary/aromatic N) is 2. The minimum Gasteiger partial charge on any atom is -0.387 e. The van der Waals surface area contributed by atoms with Gasteiger partial charge in [0.15, 0.2) is 0 Å². The fourth-order valence-corrected chi connectivity index (χ4v) is 1.34. The van der Waals surface area contributed by atoms with Crippen LogP contribution in [-0.4, -0.2) is 15.1 Å². The molecular weight excluding hydrogens is 188 g/mol. The second-order valence-electron chi connectivity index (χ2n) is 3.34. The zero-order chi connectivity index (χ0) is 10.7. The summed E-state index contributed by atoms with van der Waals surface area (Å²) in [5.41, 5.74) is 2.27. The topological polar surface area (TPSA) is 46.0 Å². The minimum absolute atomic E-state index is 0.548. The molecule has 0 radical (unpaired) electrons. The van der Waals surface area contributed by atoms with Gasteiger partial charge in [0, 0.05) is 6.20 Å². The third-order valence-electron chi connectivity index (χ3n) is 2.13. The molecule has 1 atom stereocenters. The number of rotatable bonds is 2. The van der Waals surface area contributed by atoms with Gasteiger partial charge in [0.1, 0.15) is 0 Å². The maximum absolute atomic E-state index is 9.41. The largest absolute Gasteiger partial charge is 0.387 e. The molecule has 2 heterocycles. The van der Waals surface area contributed by atoms with Crippen molar-refractivity contribution < 1.29 is 5.11 Å². The van der Waals surface area contributed by atoms with Crippen LogP contribution in [0.3, 0.4) is 0 Å². The van der Waals surface area contributed by atoms with Crippen LogP contribution in [0.5, 0.6) is 0 Å². The minimum atomic E-state index is -0.548. The highest BCUT2D eigenvalue weighted by Gasteiger charge is 2.05. The van der Waals surface area contributed by atoms with Gasteiger partial charge in [0.2, 0.25) is 0 Å². The van der Waals surface area contributed by atoms with Crippen LogP contribution in [0.2, 0.25) is 0 Å². The van der Waals surface area contributed by atoms with Crippen LogP contribution in [0.25, 0.3) is 11.4 Å². The average molecular weight is 200 g/mol. The highest BCUT2D eigenvalue weighted by molar-refractivity contribution is 5.53. The Morgan fingerprint density at radius 3 is 2.53 bits per heavy atom. The van der Waals surface area contributed by atoms with E-state index in [1.54, 1.807) is 19.2 Å². The molecule has 0 aromatic carbocycles. The van der Waals surface area contributed by atoms with Gasteiger partial charge in [0.25, 0.3) is 0 Å². The Labute approximate surface area is 88.5 Å². The zero-order valence-electron chi connectivity index (χ0n) is 8.46. The molecule has 2 aromatic heterocycles. The van der Waals surface area contributed by atoms with Gasteiger partial charge in [-0.15, -0.1) is 0 Å². The molecule has 15 heavy (non-hydrogen) atoms. The first-order chi connectivity index (χ1) is 7.27. The smallest absolute Gasteiger partial charge is 0.0932 e. The lowest BCUT2D eigenvalue weighted by atomic mass is 10.2. The van der Waals surface area contributed by atoms with Gasteiger partial charge in [-0.25, -0.2) is 4.98 Å². The summed E-state index contributed by atoms with van der Waals surface area (Å²) in [6.45, 7) is 1.70. The predicted molar refractivity (Wildman–Crippen MR) is 58.1 cm³/mol. The fourth-order valence-electron chi connectivity index (χ4n) is 1.34. The van der Waals surface area contributed by atoms with E-state index in [0.717, 1.165) is 11.4 Å². The first-order valence-electron chi connectivity index (χ1n) is 4.84. The standard InChI is InChI=1S/C12H12N2O/c1-9(15)10-6-4-7-12(14-10)11-5-2-3-8-13-11/h2-9,15H,1H3/t9-/m0/s1. The number of pyridine rings is 2. The lowest BCUT2D eigenvalue weighted by molar-refractivity contribution is 0.194. The SMILES string of the molecule is C[C@H](O)c1cccc(-c2ccccn2)n1. The molecule has 2 aromatic rings. The van der Waals surface area contributed by atoms with Crippen molar-refractivity contribution in [1.29, 1.82) is 0 Å². The summed E-state index contributed by atoms with van der Waals surface area (Å²) in [7, 11) is 0. The maximum atomic E-state index is 9.41. The normalized spacial score (nSPS) is 12.4. The van der Waals surface area contributed by atoms with Crippen LogP contribution >= 0.6 is 0 Å². The van der Waals surface area contributed by atoms with Gasteiger partial charge in [-0.1, -0.05) is 12.1 Å². The zero-order valence-corrected chi connectivity index (χ0v) is 8.46. The summed E-state index contributed by atoms with van der Waals surface area (Å²) in [6, 6.07) is 11.2. The molecular formula is C12H12N2O. The highest BCUT2D eigenvalue weighted by Crippen LogP contribution is 2.16. The molecule has 3 heteroatoms. The Kier molecular flexibility index (Phi) is 2.74. The van der Waals surface area contributed by atoms with E-state index >= 15 is 0 Å². The lowest BCUT2D eigenvalue weighted by Gasteiger charge is -2.05. The van der Waals surface area contributed by atoms with Gasteiger partial charge >= 0.3 is 0 Å². The van der Waals surface area contributed by atoms with Gasteiger partial charge in [-0.3, -0.25) is 4.98 Å². The monoisotopic (exact) mass is 200 g/mol.